The number of carboxylic acids is 1. The number of carboxylic acid groups (broad SMARTS) is 1. The van der Waals surface area contributed by atoms with E-state index in [-0.39, 0.29) is 6.42 Å². The number of alkyl halides is 3. The van der Waals surface area contributed by atoms with Crippen LogP contribution in [-0.4, -0.2) is 55.1 Å². The van der Waals surface area contributed by atoms with Gasteiger partial charge >= 0.3 is 12.1 Å². The van der Waals surface area contributed by atoms with Gasteiger partial charge in [0, 0.05) is 13.5 Å². The van der Waals surface area contributed by atoms with Gasteiger partial charge in [0.15, 0.2) is 11.7 Å². The summed E-state index contributed by atoms with van der Waals surface area (Å²) in [4.78, 5) is 17.3. The Labute approximate surface area is 176 Å². The second kappa shape index (κ2) is 9.69. The van der Waals surface area contributed by atoms with Crippen LogP contribution in [0.4, 0.5) is 19.2 Å². The Hall–Kier alpha value is -3.27. The molecule has 3 aromatic rings. The number of hydrogen-bond donors (Lipinski definition) is 1. The highest BCUT2D eigenvalue weighted by Crippen LogP contribution is 2.21. The lowest BCUT2D eigenvalue weighted by Gasteiger charge is -2.16. The fraction of sp³-hybridized carbons (Fsp3) is 0.333. The monoisotopic (exact) mass is 438 g/mol. The average Bonchev–Trinajstić information content (AvgIpc) is 3.15. The van der Waals surface area contributed by atoms with Crippen molar-refractivity contribution >= 4 is 23.1 Å². The van der Waals surface area contributed by atoms with Crippen LogP contribution in [0.15, 0.2) is 52.9 Å². The van der Waals surface area contributed by atoms with Crippen molar-refractivity contribution in [1.29, 1.82) is 0 Å². The quantitative estimate of drug-likeness (QED) is 0.514. The first-order chi connectivity index (χ1) is 14.7. The van der Waals surface area contributed by atoms with Crippen molar-refractivity contribution in [2.75, 3.05) is 31.7 Å². The third-order valence-electron chi connectivity index (χ3n) is 4.37. The molecular formula is C21H21F3N2O5. The number of para-hydroxylation sites is 2. The lowest BCUT2D eigenvalue weighted by Crippen LogP contribution is -2.31. The Morgan fingerprint density at radius 2 is 1.90 bits per heavy atom. The number of fused-ring (bicyclic) bond motifs is 1. The van der Waals surface area contributed by atoms with Crippen LogP contribution in [0.3, 0.4) is 0 Å². The number of hydrogen-bond acceptors (Lipinski definition) is 6. The summed E-state index contributed by atoms with van der Waals surface area (Å²) in [6, 6.07) is 14.3. The van der Waals surface area contributed by atoms with E-state index < -0.39 is 24.9 Å². The SMILES string of the molecule is CN(CCOc1ccc(CC(OCC(F)(F)F)C(=O)O)cc1)c1nc2ccccc2o1. The van der Waals surface area contributed by atoms with Crippen molar-refractivity contribution in [3.8, 4) is 5.75 Å². The third-order valence-corrected chi connectivity index (χ3v) is 4.37. The van der Waals surface area contributed by atoms with E-state index in [1.165, 1.54) is 0 Å². The van der Waals surface area contributed by atoms with Gasteiger partial charge in [0.2, 0.25) is 0 Å². The van der Waals surface area contributed by atoms with E-state index in [0.29, 0.717) is 36.1 Å². The second-order valence-electron chi connectivity index (χ2n) is 6.84. The number of oxazole rings is 1. The molecule has 31 heavy (non-hydrogen) atoms. The largest absolute Gasteiger partial charge is 0.492 e. The Balaban J connectivity index is 1.49. The average molecular weight is 438 g/mol. The maximum Gasteiger partial charge on any atom is 0.411 e. The number of nitrogens with zero attached hydrogens (tertiary/aromatic N) is 2. The third kappa shape index (κ3) is 6.61. The lowest BCUT2D eigenvalue weighted by molar-refractivity contribution is -0.192. The number of likely N-dealkylation sites (N-methyl/N-ethyl adjacent to an activating group) is 1. The van der Waals surface area contributed by atoms with Gasteiger partial charge in [-0.2, -0.15) is 18.2 Å². The van der Waals surface area contributed by atoms with E-state index in [0.717, 1.165) is 5.52 Å². The predicted octanol–water partition coefficient (Wildman–Crippen LogP) is 3.92. The Morgan fingerprint density at radius 1 is 1.19 bits per heavy atom. The van der Waals surface area contributed by atoms with Crippen LogP contribution >= 0.6 is 0 Å². The van der Waals surface area contributed by atoms with Gasteiger partial charge < -0.3 is 23.9 Å². The van der Waals surface area contributed by atoms with E-state index in [9.17, 15) is 18.0 Å². The van der Waals surface area contributed by atoms with Crippen molar-refractivity contribution < 1.29 is 37.0 Å². The zero-order valence-corrected chi connectivity index (χ0v) is 16.6. The molecule has 1 heterocycles. The Morgan fingerprint density at radius 3 is 2.55 bits per heavy atom. The lowest BCUT2D eigenvalue weighted by atomic mass is 10.1. The van der Waals surface area contributed by atoms with Crippen molar-refractivity contribution in [2.45, 2.75) is 18.7 Å². The molecule has 0 saturated carbocycles. The highest BCUT2D eigenvalue weighted by atomic mass is 19.4. The first kappa shape index (κ1) is 22.4. The normalized spacial score (nSPS) is 12.6. The maximum atomic E-state index is 12.3. The molecule has 1 atom stereocenters. The number of ether oxygens (including phenoxy) is 2. The molecule has 0 aliphatic rings. The molecule has 0 fully saturated rings. The maximum absolute atomic E-state index is 12.3. The fourth-order valence-corrected chi connectivity index (χ4v) is 2.77. The summed E-state index contributed by atoms with van der Waals surface area (Å²) in [5, 5.41) is 9.06. The van der Waals surface area contributed by atoms with Gasteiger partial charge in [-0.3, -0.25) is 0 Å². The first-order valence-electron chi connectivity index (χ1n) is 9.41. The molecule has 0 radical (unpaired) electrons. The van der Waals surface area contributed by atoms with Gasteiger partial charge in [-0.25, -0.2) is 4.79 Å². The fourth-order valence-electron chi connectivity index (χ4n) is 2.77. The summed E-state index contributed by atoms with van der Waals surface area (Å²) < 4.78 is 52.6. The molecule has 0 saturated heterocycles. The molecule has 0 bridgehead atoms. The molecule has 0 aliphatic heterocycles. The number of rotatable bonds is 10. The Kier molecular flexibility index (Phi) is 7.01. The molecule has 0 amide bonds. The smallest absolute Gasteiger partial charge is 0.411 e. The summed E-state index contributed by atoms with van der Waals surface area (Å²) in [5.74, 6) is -0.912. The molecule has 1 unspecified atom stereocenters. The van der Waals surface area contributed by atoms with Gasteiger partial charge in [0.25, 0.3) is 6.01 Å². The van der Waals surface area contributed by atoms with E-state index >= 15 is 0 Å². The molecule has 10 heteroatoms. The number of anilines is 1. The van der Waals surface area contributed by atoms with Crippen LogP contribution < -0.4 is 9.64 Å². The number of aromatic nitrogens is 1. The molecule has 2 aromatic carbocycles. The molecule has 166 valence electrons. The minimum atomic E-state index is -4.59. The molecule has 1 aromatic heterocycles. The van der Waals surface area contributed by atoms with Crippen LogP contribution in [-0.2, 0) is 16.0 Å². The molecule has 7 nitrogen and oxygen atoms in total. The number of aliphatic carboxylic acids is 1. The predicted molar refractivity (Wildman–Crippen MR) is 106 cm³/mol. The molecular weight excluding hydrogens is 417 g/mol. The molecule has 3 rings (SSSR count). The van der Waals surface area contributed by atoms with Gasteiger partial charge in [-0.15, -0.1) is 0 Å². The van der Waals surface area contributed by atoms with E-state index in [1.807, 2.05) is 36.2 Å². The van der Waals surface area contributed by atoms with Crippen LogP contribution in [0.2, 0.25) is 0 Å². The molecule has 1 N–H and O–H groups in total. The second-order valence-corrected chi connectivity index (χ2v) is 6.84. The number of benzene rings is 2. The van der Waals surface area contributed by atoms with Gasteiger partial charge in [0.1, 0.15) is 24.5 Å². The first-order valence-corrected chi connectivity index (χ1v) is 9.41. The van der Waals surface area contributed by atoms with Gasteiger partial charge in [-0.1, -0.05) is 24.3 Å². The zero-order chi connectivity index (χ0) is 22.4. The summed E-state index contributed by atoms with van der Waals surface area (Å²) >= 11 is 0. The van der Waals surface area contributed by atoms with Crippen molar-refractivity contribution in [2.24, 2.45) is 0 Å². The van der Waals surface area contributed by atoms with Gasteiger partial charge in [0.05, 0.1) is 6.54 Å². The minimum absolute atomic E-state index is 0.188. The highest BCUT2D eigenvalue weighted by Gasteiger charge is 2.31. The number of halogens is 3. The van der Waals surface area contributed by atoms with E-state index in [1.54, 1.807) is 24.3 Å². The summed E-state index contributed by atoms with van der Waals surface area (Å²) in [5.41, 5.74) is 1.98. The minimum Gasteiger partial charge on any atom is -0.492 e. The van der Waals surface area contributed by atoms with Crippen LogP contribution in [0.25, 0.3) is 11.1 Å². The molecule has 0 spiro atoms. The van der Waals surface area contributed by atoms with Crippen molar-refractivity contribution in [1.82, 2.24) is 4.98 Å². The van der Waals surface area contributed by atoms with E-state index in [2.05, 4.69) is 9.72 Å². The topological polar surface area (TPSA) is 85.0 Å². The van der Waals surface area contributed by atoms with Gasteiger partial charge in [-0.05, 0) is 29.8 Å². The van der Waals surface area contributed by atoms with Crippen molar-refractivity contribution in [3.05, 3.63) is 54.1 Å². The Bertz CT molecular complexity index is 971. The summed E-state index contributed by atoms with van der Waals surface area (Å²) in [6.07, 6.45) is -6.36. The van der Waals surface area contributed by atoms with Crippen LogP contribution in [0.5, 0.6) is 5.75 Å². The highest BCUT2D eigenvalue weighted by molar-refractivity contribution is 5.74. The standard InChI is InChI=1S/C21H21F3N2O5/c1-26(20-25-16-4-2-3-5-17(16)31-20)10-11-29-15-8-6-14(7-9-15)12-18(19(27)28)30-13-21(22,23)24/h2-9,18H,10-13H2,1H3,(H,27,28). The summed E-state index contributed by atoms with van der Waals surface area (Å²) in [7, 11) is 1.82. The van der Waals surface area contributed by atoms with E-state index in [4.69, 9.17) is 14.3 Å². The molecule has 0 aliphatic carbocycles. The zero-order valence-electron chi connectivity index (χ0n) is 16.6. The number of carbonyl (C=O) groups is 1. The van der Waals surface area contributed by atoms with Crippen LogP contribution in [0, 0.1) is 0 Å². The van der Waals surface area contributed by atoms with Crippen LogP contribution in [0.1, 0.15) is 5.56 Å². The van der Waals surface area contributed by atoms with Crippen molar-refractivity contribution in [3.63, 3.8) is 0 Å². The summed E-state index contributed by atoms with van der Waals surface area (Å²) in [6.45, 7) is -0.777.